The molecule has 0 fully saturated rings. The van der Waals surface area contributed by atoms with E-state index in [2.05, 4.69) is 15.0 Å². The topological polar surface area (TPSA) is 58.9 Å². The fraction of sp³-hybridized carbons (Fsp3) is 0. The molecular formula is C7H5N3OS. The Morgan fingerprint density at radius 2 is 2.33 bits per heavy atom. The van der Waals surface area contributed by atoms with Gasteiger partial charge < -0.3 is 5.11 Å². The van der Waals surface area contributed by atoms with E-state index in [-0.39, 0.29) is 5.88 Å². The lowest BCUT2D eigenvalue weighted by Gasteiger charge is -1.90. The van der Waals surface area contributed by atoms with Gasteiger partial charge in [-0.3, -0.25) is 0 Å². The summed E-state index contributed by atoms with van der Waals surface area (Å²) in [5, 5.41) is 11.2. The van der Waals surface area contributed by atoms with Crippen molar-refractivity contribution < 1.29 is 5.11 Å². The highest BCUT2D eigenvalue weighted by Gasteiger charge is 2.03. The molecule has 12 heavy (non-hydrogen) atoms. The quantitative estimate of drug-likeness (QED) is 0.717. The van der Waals surface area contributed by atoms with Crippen LogP contribution in [0.1, 0.15) is 0 Å². The molecule has 0 unspecified atom stereocenters. The third-order valence-corrected chi connectivity index (χ3v) is 2.15. The molecule has 0 saturated carbocycles. The Bertz CT molecular complexity index is 373. The van der Waals surface area contributed by atoms with Crippen LogP contribution in [0.4, 0.5) is 0 Å². The monoisotopic (exact) mass is 179 g/mol. The zero-order valence-electron chi connectivity index (χ0n) is 6.01. The third kappa shape index (κ3) is 1.26. The molecule has 0 saturated heterocycles. The maximum Gasteiger partial charge on any atom is 0.222 e. The maximum atomic E-state index is 8.97. The SMILES string of the molecule is Oc1csc(-c2ccncn2)n1. The Labute approximate surface area is 72.6 Å². The molecule has 2 heterocycles. The highest BCUT2D eigenvalue weighted by atomic mass is 32.1. The van der Waals surface area contributed by atoms with Crippen LogP contribution in [0.2, 0.25) is 0 Å². The minimum atomic E-state index is 0.0358. The number of nitrogens with zero attached hydrogens (tertiary/aromatic N) is 3. The summed E-state index contributed by atoms with van der Waals surface area (Å²) in [6, 6.07) is 1.75. The van der Waals surface area contributed by atoms with Crippen LogP contribution in [0, 0.1) is 0 Å². The van der Waals surface area contributed by atoms with Gasteiger partial charge in [0.1, 0.15) is 17.0 Å². The zero-order valence-corrected chi connectivity index (χ0v) is 6.82. The third-order valence-electron chi connectivity index (χ3n) is 1.29. The molecule has 5 heteroatoms. The first-order valence-electron chi connectivity index (χ1n) is 3.27. The van der Waals surface area contributed by atoms with Gasteiger partial charge >= 0.3 is 0 Å². The van der Waals surface area contributed by atoms with Crippen molar-refractivity contribution in [2.24, 2.45) is 0 Å². The second-order valence-electron chi connectivity index (χ2n) is 2.11. The standard InChI is InChI=1S/C7H5N3OS/c11-6-3-12-7(10-6)5-1-2-8-4-9-5/h1-4,11H. The minimum Gasteiger partial charge on any atom is -0.493 e. The fourth-order valence-electron chi connectivity index (χ4n) is 0.800. The van der Waals surface area contributed by atoms with Gasteiger partial charge in [0.15, 0.2) is 0 Å². The summed E-state index contributed by atoms with van der Waals surface area (Å²) in [5.41, 5.74) is 0.732. The minimum absolute atomic E-state index is 0.0358. The van der Waals surface area contributed by atoms with E-state index in [0.717, 1.165) is 5.69 Å². The number of hydrogen-bond acceptors (Lipinski definition) is 5. The van der Waals surface area contributed by atoms with Crippen LogP contribution in [0.25, 0.3) is 10.7 Å². The van der Waals surface area contributed by atoms with Crippen LogP contribution >= 0.6 is 11.3 Å². The molecule has 2 aromatic rings. The van der Waals surface area contributed by atoms with Gasteiger partial charge in [-0.05, 0) is 6.07 Å². The van der Waals surface area contributed by atoms with Crippen molar-refractivity contribution in [3.8, 4) is 16.6 Å². The van der Waals surface area contributed by atoms with E-state index in [4.69, 9.17) is 5.11 Å². The molecule has 2 aromatic heterocycles. The van der Waals surface area contributed by atoms with E-state index in [0.29, 0.717) is 5.01 Å². The number of thiazole rings is 1. The van der Waals surface area contributed by atoms with Crippen LogP contribution in [0.15, 0.2) is 24.0 Å². The van der Waals surface area contributed by atoms with Crippen molar-refractivity contribution in [1.82, 2.24) is 15.0 Å². The van der Waals surface area contributed by atoms with Gasteiger partial charge in [0, 0.05) is 6.20 Å². The number of rotatable bonds is 1. The van der Waals surface area contributed by atoms with Crippen LogP contribution in [-0.4, -0.2) is 20.1 Å². The van der Waals surface area contributed by atoms with Gasteiger partial charge in [-0.2, -0.15) is 0 Å². The molecule has 0 atom stereocenters. The van der Waals surface area contributed by atoms with Crippen molar-refractivity contribution in [1.29, 1.82) is 0 Å². The first-order valence-corrected chi connectivity index (χ1v) is 4.15. The number of hydrogen-bond donors (Lipinski definition) is 1. The summed E-state index contributed by atoms with van der Waals surface area (Å²) < 4.78 is 0. The maximum absolute atomic E-state index is 8.97. The van der Waals surface area contributed by atoms with E-state index in [1.54, 1.807) is 17.6 Å². The van der Waals surface area contributed by atoms with Crippen LogP contribution in [-0.2, 0) is 0 Å². The summed E-state index contributed by atoms with van der Waals surface area (Å²) in [4.78, 5) is 11.6. The molecule has 0 bridgehead atoms. The van der Waals surface area contributed by atoms with Gasteiger partial charge in [-0.1, -0.05) is 0 Å². The van der Waals surface area contributed by atoms with E-state index in [9.17, 15) is 0 Å². The normalized spacial score (nSPS) is 10.0. The lowest BCUT2D eigenvalue weighted by Crippen LogP contribution is -1.81. The highest BCUT2D eigenvalue weighted by molar-refractivity contribution is 7.13. The van der Waals surface area contributed by atoms with E-state index >= 15 is 0 Å². The predicted octanol–water partition coefficient (Wildman–Crippen LogP) is 1.31. The molecule has 0 aliphatic heterocycles. The fourth-order valence-corrected chi connectivity index (χ4v) is 1.46. The molecule has 0 aliphatic rings. The lowest BCUT2D eigenvalue weighted by atomic mass is 10.4. The largest absolute Gasteiger partial charge is 0.493 e. The van der Waals surface area contributed by atoms with E-state index in [1.807, 2.05) is 0 Å². The Balaban J connectivity index is 2.45. The molecule has 0 aromatic carbocycles. The summed E-state index contributed by atoms with van der Waals surface area (Å²) >= 11 is 1.35. The Kier molecular flexibility index (Phi) is 1.71. The summed E-state index contributed by atoms with van der Waals surface area (Å²) in [7, 11) is 0. The first kappa shape index (κ1) is 7.17. The highest BCUT2D eigenvalue weighted by Crippen LogP contribution is 2.23. The lowest BCUT2D eigenvalue weighted by molar-refractivity contribution is 0.458. The van der Waals surface area contributed by atoms with E-state index < -0.39 is 0 Å². The van der Waals surface area contributed by atoms with Gasteiger partial charge in [-0.15, -0.1) is 11.3 Å². The molecule has 0 spiro atoms. The summed E-state index contributed by atoms with van der Waals surface area (Å²) in [5.74, 6) is 0.0358. The number of aromatic nitrogens is 3. The first-order chi connectivity index (χ1) is 5.86. The Morgan fingerprint density at radius 1 is 1.42 bits per heavy atom. The van der Waals surface area contributed by atoms with Crippen LogP contribution in [0.3, 0.4) is 0 Å². The smallest absolute Gasteiger partial charge is 0.222 e. The second-order valence-corrected chi connectivity index (χ2v) is 2.96. The van der Waals surface area contributed by atoms with Crippen LogP contribution in [0.5, 0.6) is 5.88 Å². The molecule has 1 N–H and O–H groups in total. The average molecular weight is 179 g/mol. The zero-order chi connectivity index (χ0) is 8.39. The molecule has 0 radical (unpaired) electrons. The Morgan fingerprint density at radius 3 is 2.92 bits per heavy atom. The molecule has 2 rings (SSSR count). The molecule has 60 valence electrons. The van der Waals surface area contributed by atoms with Crippen molar-refractivity contribution in [3.63, 3.8) is 0 Å². The summed E-state index contributed by atoms with van der Waals surface area (Å²) in [6.07, 6.45) is 3.09. The summed E-state index contributed by atoms with van der Waals surface area (Å²) in [6.45, 7) is 0. The van der Waals surface area contributed by atoms with E-state index in [1.165, 1.54) is 17.7 Å². The molecule has 0 aliphatic carbocycles. The molecule has 0 amide bonds. The van der Waals surface area contributed by atoms with Crippen molar-refractivity contribution in [2.45, 2.75) is 0 Å². The second kappa shape index (κ2) is 2.86. The average Bonchev–Trinajstić information content (AvgIpc) is 2.54. The predicted molar refractivity (Wildman–Crippen MR) is 44.8 cm³/mol. The molecular weight excluding hydrogens is 174 g/mol. The van der Waals surface area contributed by atoms with Crippen molar-refractivity contribution >= 4 is 11.3 Å². The Hall–Kier alpha value is -1.49. The van der Waals surface area contributed by atoms with Gasteiger partial charge in [0.05, 0.1) is 5.38 Å². The number of aromatic hydroxyl groups is 1. The van der Waals surface area contributed by atoms with Crippen molar-refractivity contribution in [2.75, 3.05) is 0 Å². The van der Waals surface area contributed by atoms with Gasteiger partial charge in [0.2, 0.25) is 5.88 Å². The van der Waals surface area contributed by atoms with Gasteiger partial charge in [-0.25, -0.2) is 15.0 Å². The van der Waals surface area contributed by atoms with Crippen LogP contribution < -0.4 is 0 Å². The van der Waals surface area contributed by atoms with Gasteiger partial charge in [0.25, 0.3) is 0 Å². The van der Waals surface area contributed by atoms with Crippen molar-refractivity contribution in [3.05, 3.63) is 24.0 Å². The molecule has 4 nitrogen and oxygen atoms in total.